The predicted molar refractivity (Wildman–Crippen MR) is 73.2 cm³/mol. The summed E-state index contributed by atoms with van der Waals surface area (Å²) < 4.78 is 2.97. The van der Waals surface area contributed by atoms with Gasteiger partial charge in [-0.2, -0.15) is 9.61 Å². The minimum atomic E-state index is -0.380. The van der Waals surface area contributed by atoms with Crippen LogP contribution in [0.1, 0.15) is 0 Å². The molecular formula is C12H7ClN6O. The highest BCUT2D eigenvalue weighted by atomic mass is 35.5. The number of H-pyrrole nitrogens is 1. The number of imidazole rings is 1. The van der Waals surface area contributed by atoms with Crippen molar-refractivity contribution in [2.75, 3.05) is 0 Å². The maximum atomic E-state index is 11.8. The van der Waals surface area contributed by atoms with E-state index in [0.29, 0.717) is 21.8 Å². The first-order chi connectivity index (χ1) is 9.75. The van der Waals surface area contributed by atoms with Crippen LogP contribution < -0.4 is 5.69 Å². The summed E-state index contributed by atoms with van der Waals surface area (Å²) >= 11 is 6.21. The zero-order valence-electron chi connectivity index (χ0n) is 9.99. The molecule has 1 N–H and O–H groups in total. The van der Waals surface area contributed by atoms with Gasteiger partial charge in [0.25, 0.3) is 0 Å². The highest BCUT2D eigenvalue weighted by Gasteiger charge is 2.14. The quantitative estimate of drug-likeness (QED) is 0.574. The lowest BCUT2D eigenvalue weighted by atomic mass is 10.3. The van der Waals surface area contributed by atoms with Gasteiger partial charge >= 0.3 is 5.69 Å². The summed E-state index contributed by atoms with van der Waals surface area (Å²) in [5.41, 5.74) is 1.90. The van der Waals surface area contributed by atoms with Crippen molar-refractivity contribution >= 4 is 28.4 Å². The normalized spacial score (nSPS) is 11.4. The van der Waals surface area contributed by atoms with Crippen molar-refractivity contribution in [3.63, 3.8) is 0 Å². The van der Waals surface area contributed by atoms with E-state index in [9.17, 15) is 4.79 Å². The van der Waals surface area contributed by atoms with Crippen LogP contribution in [-0.4, -0.2) is 29.1 Å². The van der Waals surface area contributed by atoms with Gasteiger partial charge in [0.2, 0.25) is 0 Å². The standard InChI is InChI=1S/C12H7ClN6O/c13-7-3-1-2-4-8(7)18-6-15-10-9(18)11-14-5-16-19(11)12(20)17-10/h1-6H,(H,17,20). The van der Waals surface area contributed by atoms with Crippen LogP contribution >= 0.6 is 11.6 Å². The van der Waals surface area contributed by atoms with Gasteiger partial charge in [0, 0.05) is 0 Å². The van der Waals surface area contributed by atoms with Crippen LogP contribution in [0.15, 0.2) is 41.7 Å². The first-order valence-corrected chi connectivity index (χ1v) is 6.17. The third kappa shape index (κ3) is 1.41. The zero-order valence-corrected chi connectivity index (χ0v) is 10.7. The van der Waals surface area contributed by atoms with Crippen LogP contribution in [0.3, 0.4) is 0 Å². The van der Waals surface area contributed by atoms with Crippen molar-refractivity contribution in [1.29, 1.82) is 0 Å². The number of aromatic nitrogens is 6. The molecule has 3 aromatic heterocycles. The Morgan fingerprint density at radius 3 is 2.90 bits per heavy atom. The molecule has 1 aromatic carbocycles. The van der Waals surface area contributed by atoms with E-state index < -0.39 is 0 Å². The number of nitrogens with zero attached hydrogens (tertiary/aromatic N) is 5. The molecule has 0 atom stereocenters. The largest absolute Gasteiger partial charge is 0.349 e. The van der Waals surface area contributed by atoms with E-state index >= 15 is 0 Å². The molecule has 8 heteroatoms. The number of fused-ring (bicyclic) bond motifs is 3. The summed E-state index contributed by atoms with van der Waals surface area (Å²) in [6, 6.07) is 7.37. The Balaban J connectivity index is 2.19. The van der Waals surface area contributed by atoms with Crippen molar-refractivity contribution in [3.8, 4) is 5.69 Å². The zero-order chi connectivity index (χ0) is 13.7. The van der Waals surface area contributed by atoms with Crippen LogP contribution in [0.4, 0.5) is 0 Å². The summed E-state index contributed by atoms with van der Waals surface area (Å²) in [5, 5.41) is 4.47. The number of hydrogen-bond donors (Lipinski definition) is 1. The van der Waals surface area contributed by atoms with Crippen LogP contribution in [0.5, 0.6) is 0 Å². The van der Waals surface area contributed by atoms with E-state index in [1.165, 1.54) is 10.8 Å². The van der Waals surface area contributed by atoms with Gasteiger partial charge in [0.15, 0.2) is 11.3 Å². The Morgan fingerprint density at radius 1 is 1.20 bits per heavy atom. The van der Waals surface area contributed by atoms with Crippen LogP contribution in [0.25, 0.3) is 22.5 Å². The lowest BCUT2D eigenvalue weighted by Gasteiger charge is -2.06. The molecule has 0 bridgehead atoms. The number of hydrogen-bond acceptors (Lipinski definition) is 4. The van der Waals surface area contributed by atoms with Gasteiger partial charge in [-0.05, 0) is 12.1 Å². The molecule has 0 aliphatic heterocycles. The summed E-state index contributed by atoms with van der Waals surface area (Å²) in [6.07, 6.45) is 2.92. The van der Waals surface area contributed by atoms with Crippen LogP contribution in [0, 0.1) is 0 Å². The summed E-state index contributed by atoms with van der Waals surface area (Å²) in [6.45, 7) is 0. The molecule has 0 saturated carbocycles. The highest BCUT2D eigenvalue weighted by Crippen LogP contribution is 2.24. The number of halogens is 1. The van der Waals surface area contributed by atoms with Gasteiger partial charge in [0.05, 0.1) is 10.7 Å². The van der Waals surface area contributed by atoms with E-state index in [4.69, 9.17) is 11.6 Å². The molecule has 0 aliphatic carbocycles. The van der Waals surface area contributed by atoms with Gasteiger partial charge in [-0.3, -0.25) is 9.55 Å². The first-order valence-electron chi connectivity index (χ1n) is 5.79. The lowest BCUT2D eigenvalue weighted by Crippen LogP contribution is -2.17. The number of rotatable bonds is 1. The molecule has 4 aromatic rings. The van der Waals surface area contributed by atoms with E-state index in [2.05, 4.69) is 20.1 Å². The fraction of sp³-hybridized carbons (Fsp3) is 0. The molecular weight excluding hydrogens is 280 g/mol. The summed E-state index contributed by atoms with van der Waals surface area (Å²) in [5.74, 6) is 0. The first kappa shape index (κ1) is 11.2. The average molecular weight is 287 g/mol. The number of aromatic amines is 1. The fourth-order valence-electron chi connectivity index (χ4n) is 2.19. The van der Waals surface area contributed by atoms with E-state index in [-0.39, 0.29) is 5.69 Å². The van der Waals surface area contributed by atoms with Crippen molar-refractivity contribution in [2.45, 2.75) is 0 Å². The molecule has 7 nitrogen and oxygen atoms in total. The Kier molecular flexibility index (Phi) is 2.19. The topological polar surface area (TPSA) is 80.9 Å². The van der Waals surface area contributed by atoms with Gasteiger partial charge < -0.3 is 0 Å². The maximum Gasteiger partial charge on any atom is 0.349 e. The number of benzene rings is 1. The summed E-state index contributed by atoms with van der Waals surface area (Å²) in [4.78, 5) is 22.8. The van der Waals surface area contributed by atoms with Crippen molar-refractivity contribution in [1.82, 2.24) is 29.1 Å². The van der Waals surface area contributed by atoms with E-state index in [1.54, 1.807) is 17.0 Å². The van der Waals surface area contributed by atoms with Crippen molar-refractivity contribution in [3.05, 3.63) is 52.4 Å². The summed E-state index contributed by atoms with van der Waals surface area (Å²) in [7, 11) is 0. The fourth-order valence-corrected chi connectivity index (χ4v) is 2.42. The minimum absolute atomic E-state index is 0.380. The maximum absolute atomic E-state index is 11.8. The molecule has 20 heavy (non-hydrogen) atoms. The lowest BCUT2D eigenvalue weighted by molar-refractivity contribution is 0.877. The van der Waals surface area contributed by atoms with Gasteiger partial charge in [0.1, 0.15) is 18.2 Å². The van der Waals surface area contributed by atoms with Crippen molar-refractivity contribution < 1.29 is 0 Å². The van der Waals surface area contributed by atoms with Gasteiger partial charge in [-0.15, -0.1) is 0 Å². The van der Waals surface area contributed by atoms with Crippen LogP contribution in [0.2, 0.25) is 5.02 Å². The monoisotopic (exact) mass is 286 g/mol. The third-order valence-electron chi connectivity index (χ3n) is 3.06. The molecule has 4 rings (SSSR count). The number of nitrogens with one attached hydrogen (secondary N) is 1. The Bertz CT molecular complexity index is 998. The molecule has 0 amide bonds. The van der Waals surface area contributed by atoms with Gasteiger partial charge in [-0.25, -0.2) is 14.8 Å². The molecule has 0 spiro atoms. The molecule has 0 saturated heterocycles. The van der Waals surface area contributed by atoms with E-state index in [0.717, 1.165) is 5.69 Å². The highest BCUT2D eigenvalue weighted by molar-refractivity contribution is 6.32. The molecule has 0 unspecified atom stereocenters. The Hall–Kier alpha value is -2.67. The van der Waals surface area contributed by atoms with Crippen molar-refractivity contribution in [2.24, 2.45) is 0 Å². The third-order valence-corrected chi connectivity index (χ3v) is 3.38. The van der Waals surface area contributed by atoms with Gasteiger partial charge in [-0.1, -0.05) is 23.7 Å². The molecule has 0 radical (unpaired) electrons. The predicted octanol–water partition coefficient (Wildman–Crippen LogP) is 1.41. The molecule has 0 aliphatic rings. The second-order valence-corrected chi connectivity index (χ2v) is 4.60. The molecule has 0 fully saturated rings. The second kappa shape index (κ2) is 3.91. The average Bonchev–Trinajstić information content (AvgIpc) is 3.05. The van der Waals surface area contributed by atoms with E-state index in [1.807, 2.05) is 18.2 Å². The Labute approximate surface area is 116 Å². The molecule has 3 heterocycles. The second-order valence-electron chi connectivity index (χ2n) is 4.19. The number of para-hydroxylation sites is 1. The van der Waals surface area contributed by atoms with Crippen LogP contribution in [-0.2, 0) is 0 Å². The SMILES string of the molecule is O=c1[nH]c2ncn(-c3ccccc3Cl)c2c2ncnn12. The smallest absolute Gasteiger partial charge is 0.293 e. The molecule has 98 valence electrons. The Morgan fingerprint density at radius 2 is 2.05 bits per heavy atom. The minimum Gasteiger partial charge on any atom is -0.293 e.